The predicted molar refractivity (Wildman–Crippen MR) is 65.6 cm³/mol. The molecule has 1 aromatic heterocycles. The number of aromatic amines is 1. The molecule has 0 amide bonds. The molecule has 0 saturated carbocycles. The van der Waals surface area contributed by atoms with Gasteiger partial charge in [-0.1, -0.05) is 6.92 Å². The van der Waals surface area contributed by atoms with Crippen LogP contribution in [0.2, 0.25) is 0 Å². The topological polar surface area (TPSA) is 57.8 Å². The fourth-order valence-electron chi connectivity index (χ4n) is 1.20. The van der Waals surface area contributed by atoms with E-state index < -0.39 is 0 Å². The van der Waals surface area contributed by atoms with Gasteiger partial charge in [-0.25, -0.2) is 4.98 Å². The summed E-state index contributed by atoms with van der Waals surface area (Å²) in [6.45, 7) is 3.93. The molecule has 4 nitrogen and oxygen atoms in total. The molecule has 1 aromatic rings. The number of nitrogens with one attached hydrogen (secondary N) is 2. The van der Waals surface area contributed by atoms with E-state index in [4.69, 9.17) is 11.6 Å². The third-order valence-corrected chi connectivity index (χ3v) is 3.15. The SMILES string of the molecule is CCC(Nc1nc[nH]c(=O)c1Br)C(C)Cl. The molecule has 2 N–H and O–H groups in total. The Balaban J connectivity index is 2.88. The van der Waals surface area contributed by atoms with E-state index >= 15 is 0 Å². The first-order chi connectivity index (χ1) is 7.06. The van der Waals surface area contributed by atoms with Gasteiger partial charge in [0.25, 0.3) is 5.56 Å². The van der Waals surface area contributed by atoms with Gasteiger partial charge in [0, 0.05) is 6.04 Å². The van der Waals surface area contributed by atoms with Crippen molar-refractivity contribution in [3.05, 3.63) is 21.2 Å². The lowest BCUT2D eigenvalue weighted by Gasteiger charge is -2.19. The molecule has 0 saturated heterocycles. The van der Waals surface area contributed by atoms with Crippen molar-refractivity contribution in [2.45, 2.75) is 31.7 Å². The highest BCUT2D eigenvalue weighted by Gasteiger charge is 2.15. The van der Waals surface area contributed by atoms with E-state index in [0.717, 1.165) is 6.42 Å². The Kier molecular flexibility index (Phi) is 4.60. The molecule has 1 heterocycles. The molecule has 0 fully saturated rings. The summed E-state index contributed by atoms with van der Waals surface area (Å²) in [5, 5.41) is 3.10. The predicted octanol–water partition coefficient (Wildman–Crippen LogP) is 2.35. The summed E-state index contributed by atoms with van der Waals surface area (Å²) in [7, 11) is 0. The number of nitrogens with zero attached hydrogens (tertiary/aromatic N) is 1. The zero-order valence-electron chi connectivity index (χ0n) is 8.55. The molecule has 0 aliphatic heterocycles. The van der Waals surface area contributed by atoms with E-state index in [1.807, 2.05) is 13.8 Å². The lowest BCUT2D eigenvalue weighted by molar-refractivity contribution is 0.674. The van der Waals surface area contributed by atoms with Gasteiger partial charge in [0.15, 0.2) is 0 Å². The zero-order chi connectivity index (χ0) is 11.4. The second kappa shape index (κ2) is 5.51. The van der Waals surface area contributed by atoms with Crippen LogP contribution in [0.3, 0.4) is 0 Å². The van der Waals surface area contributed by atoms with Crippen molar-refractivity contribution in [1.29, 1.82) is 0 Å². The first kappa shape index (κ1) is 12.5. The second-order valence-electron chi connectivity index (χ2n) is 3.23. The molecule has 1 rings (SSSR count). The lowest BCUT2D eigenvalue weighted by Crippen LogP contribution is -2.28. The first-order valence-corrected chi connectivity index (χ1v) is 5.93. The van der Waals surface area contributed by atoms with Gasteiger partial charge in [-0.05, 0) is 29.3 Å². The van der Waals surface area contributed by atoms with Crippen LogP contribution in [0, 0.1) is 0 Å². The number of halogens is 2. The Morgan fingerprint density at radius 1 is 1.73 bits per heavy atom. The molecule has 84 valence electrons. The number of rotatable bonds is 4. The van der Waals surface area contributed by atoms with E-state index in [2.05, 4.69) is 31.2 Å². The van der Waals surface area contributed by atoms with Gasteiger partial charge >= 0.3 is 0 Å². The van der Waals surface area contributed by atoms with Gasteiger partial charge in [-0.3, -0.25) is 4.79 Å². The number of hydrogen-bond donors (Lipinski definition) is 2. The molecular formula is C9H13BrClN3O. The van der Waals surface area contributed by atoms with Gasteiger partial charge in [0.2, 0.25) is 0 Å². The highest BCUT2D eigenvalue weighted by molar-refractivity contribution is 9.10. The summed E-state index contributed by atoms with van der Waals surface area (Å²) in [4.78, 5) is 17.8. The lowest BCUT2D eigenvalue weighted by atomic mass is 10.1. The van der Waals surface area contributed by atoms with Crippen LogP contribution in [0.4, 0.5) is 5.82 Å². The number of anilines is 1. The average Bonchev–Trinajstić information content (AvgIpc) is 2.19. The summed E-state index contributed by atoms with van der Waals surface area (Å²) in [5.41, 5.74) is -0.204. The second-order valence-corrected chi connectivity index (χ2v) is 4.71. The summed E-state index contributed by atoms with van der Waals surface area (Å²) in [6, 6.07) is 0.0947. The van der Waals surface area contributed by atoms with Gasteiger partial charge in [-0.2, -0.15) is 0 Å². The Morgan fingerprint density at radius 3 is 2.93 bits per heavy atom. The maximum atomic E-state index is 11.3. The molecule has 0 aliphatic carbocycles. The van der Waals surface area contributed by atoms with Crippen molar-refractivity contribution in [1.82, 2.24) is 9.97 Å². The Labute approximate surface area is 102 Å². The van der Waals surface area contributed by atoms with Crippen molar-refractivity contribution in [2.75, 3.05) is 5.32 Å². The van der Waals surface area contributed by atoms with Crippen molar-refractivity contribution < 1.29 is 0 Å². The van der Waals surface area contributed by atoms with Gasteiger partial charge in [0.05, 0.1) is 11.7 Å². The number of H-pyrrole nitrogens is 1. The van der Waals surface area contributed by atoms with Crippen molar-refractivity contribution in [3.63, 3.8) is 0 Å². The molecule has 6 heteroatoms. The Morgan fingerprint density at radius 2 is 2.40 bits per heavy atom. The summed E-state index contributed by atoms with van der Waals surface area (Å²) < 4.78 is 0.403. The normalized spacial score (nSPS) is 14.7. The number of aromatic nitrogens is 2. The monoisotopic (exact) mass is 293 g/mol. The zero-order valence-corrected chi connectivity index (χ0v) is 10.9. The van der Waals surface area contributed by atoms with E-state index in [-0.39, 0.29) is 17.0 Å². The molecular weight excluding hydrogens is 281 g/mol. The van der Waals surface area contributed by atoms with Crippen LogP contribution in [-0.4, -0.2) is 21.4 Å². The molecule has 0 aromatic carbocycles. The molecule has 2 atom stereocenters. The highest BCUT2D eigenvalue weighted by atomic mass is 79.9. The fraction of sp³-hybridized carbons (Fsp3) is 0.556. The van der Waals surface area contributed by atoms with Gasteiger partial charge < -0.3 is 10.3 Å². The third kappa shape index (κ3) is 3.21. The van der Waals surface area contributed by atoms with Crippen LogP contribution in [0.15, 0.2) is 15.6 Å². The van der Waals surface area contributed by atoms with Crippen LogP contribution in [0.5, 0.6) is 0 Å². The Bertz CT molecular complexity index is 380. The van der Waals surface area contributed by atoms with E-state index in [9.17, 15) is 4.79 Å². The van der Waals surface area contributed by atoms with Crippen molar-refractivity contribution in [3.8, 4) is 0 Å². The van der Waals surface area contributed by atoms with Gasteiger partial charge in [-0.15, -0.1) is 11.6 Å². The Hall–Kier alpha value is -0.550. The van der Waals surface area contributed by atoms with Crippen LogP contribution >= 0.6 is 27.5 Å². The minimum Gasteiger partial charge on any atom is -0.365 e. The molecule has 0 bridgehead atoms. The summed E-state index contributed by atoms with van der Waals surface area (Å²) in [5.74, 6) is 0.526. The molecule has 2 unspecified atom stereocenters. The maximum Gasteiger partial charge on any atom is 0.267 e. The maximum absolute atomic E-state index is 11.3. The molecule has 0 aliphatic rings. The van der Waals surface area contributed by atoms with Crippen LogP contribution in [0.1, 0.15) is 20.3 Å². The smallest absolute Gasteiger partial charge is 0.267 e. The molecule has 0 radical (unpaired) electrons. The minimum absolute atomic E-state index is 0.0250. The van der Waals surface area contributed by atoms with Crippen LogP contribution < -0.4 is 10.9 Å². The molecule has 0 spiro atoms. The minimum atomic E-state index is -0.204. The summed E-state index contributed by atoms with van der Waals surface area (Å²) >= 11 is 9.17. The largest absolute Gasteiger partial charge is 0.365 e. The van der Waals surface area contributed by atoms with Crippen molar-refractivity contribution in [2.24, 2.45) is 0 Å². The number of alkyl halides is 1. The molecule has 15 heavy (non-hydrogen) atoms. The van der Waals surface area contributed by atoms with E-state index in [1.165, 1.54) is 6.33 Å². The van der Waals surface area contributed by atoms with Crippen LogP contribution in [0.25, 0.3) is 0 Å². The highest BCUT2D eigenvalue weighted by Crippen LogP contribution is 2.17. The van der Waals surface area contributed by atoms with Crippen molar-refractivity contribution >= 4 is 33.3 Å². The number of hydrogen-bond acceptors (Lipinski definition) is 3. The first-order valence-electron chi connectivity index (χ1n) is 4.70. The fourth-order valence-corrected chi connectivity index (χ4v) is 1.77. The average molecular weight is 295 g/mol. The van der Waals surface area contributed by atoms with E-state index in [1.54, 1.807) is 0 Å². The van der Waals surface area contributed by atoms with Gasteiger partial charge in [0.1, 0.15) is 10.3 Å². The van der Waals surface area contributed by atoms with E-state index in [0.29, 0.717) is 10.3 Å². The van der Waals surface area contributed by atoms with Crippen LogP contribution in [-0.2, 0) is 0 Å². The standard InChI is InChI=1S/C9H13BrClN3O/c1-3-6(5(2)11)14-8-7(10)9(15)13-4-12-8/h4-6H,3H2,1-2H3,(H2,12,13,14,15). The quantitative estimate of drug-likeness (QED) is 0.838. The third-order valence-electron chi connectivity index (χ3n) is 2.11. The summed E-state index contributed by atoms with van der Waals surface area (Å²) in [6.07, 6.45) is 2.23.